The molecule has 13 heteroatoms. The van der Waals surface area contributed by atoms with Gasteiger partial charge in [-0.1, -0.05) is 12.1 Å². The molecular weight excluding hydrogens is 390 g/mol. The average Bonchev–Trinajstić information content (AvgIpc) is 2.64. The molecule has 0 unspecified atom stereocenters. The first-order chi connectivity index (χ1) is 13.6. The maximum atomic E-state index is 12.8. The van der Waals surface area contributed by atoms with Crippen LogP contribution in [0.5, 0.6) is 0 Å². The summed E-state index contributed by atoms with van der Waals surface area (Å²) in [5, 5.41) is 64.4. The van der Waals surface area contributed by atoms with Crippen molar-refractivity contribution in [2.45, 2.75) is 19.8 Å². The van der Waals surface area contributed by atoms with Gasteiger partial charge in [-0.3, -0.25) is 20.0 Å². The maximum absolute atomic E-state index is 12.8. The first-order valence-corrected chi connectivity index (χ1v) is 8.31. The molecule has 0 saturated heterocycles. The largest absolute Gasteiger partial charge is 0.738 e. The van der Waals surface area contributed by atoms with Crippen LogP contribution in [0.2, 0.25) is 0 Å². The van der Waals surface area contributed by atoms with Crippen LogP contribution < -0.4 is 15.9 Å². The van der Waals surface area contributed by atoms with Crippen LogP contribution in [0.4, 0.5) is 5.69 Å². The summed E-state index contributed by atoms with van der Waals surface area (Å²) in [6.45, 7) is 2.63. The molecule has 1 amide bonds. The van der Waals surface area contributed by atoms with Crippen molar-refractivity contribution >= 4 is 11.6 Å². The second kappa shape index (κ2) is 9.64. The highest BCUT2D eigenvalue weighted by atomic mass is 17.1. The van der Waals surface area contributed by atoms with Crippen molar-refractivity contribution in [1.29, 1.82) is 0 Å². The number of allylic oxidation sites excluding steroid dienone is 3. The number of nitrogens with zero attached hydrogens (tertiary/aromatic N) is 3. The lowest BCUT2D eigenvalue weighted by Crippen LogP contribution is -2.38. The Morgan fingerprint density at radius 2 is 1.86 bits per heavy atom. The Morgan fingerprint density at radius 3 is 2.45 bits per heavy atom. The number of dihydropyridines is 1. The molecule has 29 heavy (non-hydrogen) atoms. The molecule has 160 valence electrons. The van der Waals surface area contributed by atoms with E-state index in [2.05, 4.69) is 15.5 Å². The highest BCUT2D eigenvalue weighted by molar-refractivity contribution is 5.97. The molecule has 1 aromatic carbocycles. The third-order valence-corrected chi connectivity index (χ3v) is 4.19. The molecule has 1 aromatic rings. The fourth-order valence-corrected chi connectivity index (χ4v) is 3.07. The fourth-order valence-electron chi connectivity index (χ4n) is 3.07. The van der Waals surface area contributed by atoms with Crippen molar-refractivity contribution in [3.8, 4) is 0 Å². The highest BCUT2D eigenvalue weighted by Crippen LogP contribution is 2.39. The third-order valence-electron chi connectivity index (χ3n) is 4.19. The van der Waals surface area contributed by atoms with E-state index < -0.39 is 17.2 Å². The molecule has 1 atom stereocenters. The number of amides is 1. The van der Waals surface area contributed by atoms with Gasteiger partial charge in [-0.05, 0) is 31.5 Å². The van der Waals surface area contributed by atoms with Gasteiger partial charge in [0.1, 0.15) is 0 Å². The third kappa shape index (κ3) is 5.41. The molecule has 0 aromatic heterocycles. The van der Waals surface area contributed by atoms with Crippen LogP contribution in [-0.2, 0) is 9.63 Å². The van der Waals surface area contributed by atoms with Gasteiger partial charge in [-0.25, -0.2) is 0 Å². The van der Waals surface area contributed by atoms with Gasteiger partial charge in [0, 0.05) is 23.5 Å². The number of hydrogen-bond donors (Lipinski definition) is 5. The van der Waals surface area contributed by atoms with Gasteiger partial charge in [0.2, 0.25) is 5.91 Å². The molecule has 1 aliphatic rings. The number of anilines is 1. The number of hydroxylamine groups is 2. The van der Waals surface area contributed by atoms with Gasteiger partial charge in [-0.2, -0.15) is 0 Å². The Bertz CT molecular complexity index is 808. The molecule has 0 radical (unpaired) electrons. The van der Waals surface area contributed by atoms with Crippen LogP contribution in [0.1, 0.15) is 25.3 Å². The fraction of sp³-hybridized carbons (Fsp3) is 0.312. The Kier molecular flexibility index (Phi) is 7.49. The van der Waals surface area contributed by atoms with Crippen molar-refractivity contribution < 1.29 is 25.3 Å². The summed E-state index contributed by atoms with van der Waals surface area (Å²) < 4.78 is 0. The van der Waals surface area contributed by atoms with Gasteiger partial charge >= 0.3 is 0 Å². The van der Waals surface area contributed by atoms with Crippen molar-refractivity contribution in [2.75, 3.05) is 18.4 Å². The summed E-state index contributed by atoms with van der Waals surface area (Å²) in [5.41, 5.74) is 0.655. The van der Waals surface area contributed by atoms with E-state index in [0.29, 0.717) is 5.70 Å². The zero-order valence-electron chi connectivity index (χ0n) is 15.5. The van der Waals surface area contributed by atoms with Crippen LogP contribution in [0.3, 0.4) is 0 Å². The number of nitrogens with one attached hydrogen (secondary N) is 2. The summed E-state index contributed by atoms with van der Waals surface area (Å²) in [6, 6.07) is 5.55. The first kappa shape index (κ1) is 22.5. The lowest BCUT2D eigenvalue weighted by atomic mass is 9.83. The number of carbonyl (C=O) groups is 1. The van der Waals surface area contributed by atoms with E-state index in [4.69, 9.17) is 10.4 Å². The van der Waals surface area contributed by atoms with Gasteiger partial charge in [-0.15, -0.1) is 5.39 Å². The predicted octanol–water partition coefficient (Wildman–Crippen LogP) is 0.998. The summed E-state index contributed by atoms with van der Waals surface area (Å²) in [5.74, 6) is -1.73. The number of rotatable bonds is 8. The molecule has 1 aliphatic heterocycles. The number of carbonyl (C=O) groups excluding carboxylic acids is 1. The average molecular weight is 410 g/mol. The van der Waals surface area contributed by atoms with Crippen LogP contribution in [0.15, 0.2) is 46.9 Å². The lowest BCUT2D eigenvalue weighted by Gasteiger charge is -2.38. The summed E-state index contributed by atoms with van der Waals surface area (Å²) in [6.07, 6.45) is 0. The van der Waals surface area contributed by atoms with Gasteiger partial charge < -0.3 is 41.9 Å². The van der Waals surface area contributed by atoms with Crippen LogP contribution >= 0.6 is 0 Å². The first-order valence-electron chi connectivity index (χ1n) is 8.31. The molecule has 0 fully saturated rings. The molecule has 0 saturated carbocycles. The van der Waals surface area contributed by atoms with E-state index in [0.717, 1.165) is 0 Å². The van der Waals surface area contributed by atoms with E-state index >= 15 is 0 Å². The Morgan fingerprint density at radius 1 is 1.17 bits per heavy atom. The van der Waals surface area contributed by atoms with Crippen molar-refractivity contribution in [1.82, 2.24) is 21.2 Å². The van der Waals surface area contributed by atoms with E-state index in [-0.39, 0.29) is 51.8 Å². The van der Waals surface area contributed by atoms with Gasteiger partial charge in [0.05, 0.1) is 23.9 Å². The van der Waals surface area contributed by atoms with Crippen molar-refractivity contribution in [2.24, 2.45) is 0 Å². The molecule has 5 N–H and O–H groups in total. The maximum Gasteiger partial charge on any atom is 0.250 e. The standard InChI is InChI=1S/C16H20N5O8/c1-9-13(16(22)17-6-7-29-21(27)28)14(15(20(25)26)10(2)18-9)11-4-3-5-12(8-11)19(23)24/h3-5,8,14,18,23,25,27H,6-7H2,1-2H3,(H,17,22)/q-3/t14-/m1/s1. The SMILES string of the molecule is CC1=C(C(=O)NCCON([O-])O)[C@@H](c2cccc(N([O-])O)c2)C(N([O-])O)=C(C)N1. The summed E-state index contributed by atoms with van der Waals surface area (Å²) in [7, 11) is 0. The Labute approximate surface area is 165 Å². The normalized spacial score (nSPS) is 16.8. The topological polar surface area (TPSA) is 190 Å². The van der Waals surface area contributed by atoms with E-state index in [1.807, 2.05) is 0 Å². The van der Waals surface area contributed by atoms with Crippen LogP contribution in [0.25, 0.3) is 0 Å². The van der Waals surface area contributed by atoms with Crippen molar-refractivity contribution in [3.05, 3.63) is 68.1 Å². The van der Waals surface area contributed by atoms with Crippen molar-refractivity contribution in [3.63, 3.8) is 0 Å². The Balaban J connectivity index is 2.42. The smallest absolute Gasteiger partial charge is 0.250 e. The molecular formula is C16H20N5O8-3. The zero-order chi connectivity index (χ0) is 21.7. The minimum absolute atomic E-state index is 0.0519. The monoisotopic (exact) mass is 410 g/mol. The van der Waals surface area contributed by atoms with E-state index in [1.165, 1.54) is 31.2 Å². The molecule has 0 spiro atoms. The molecule has 0 aliphatic carbocycles. The Hall–Kier alpha value is -2.75. The second-order valence-corrected chi connectivity index (χ2v) is 6.07. The quantitative estimate of drug-likeness (QED) is 0.302. The van der Waals surface area contributed by atoms with E-state index in [9.17, 15) is 25.6 Å². The molecule has 1 heterocycles. The lowest BCUT2D eigenvalue weighted by molar-refractivity contribution is -0.304. The summed E-state index contributed by atoms with van der Waals surface area (Å²) in [4.78, 5) is 17.0. The minimum Gasteiger partial charge on any atom is -0.738 e. The number of benzene rings is 1. The van der Waals surface area contributed by atoms with Crippen LogP contribution in [0, 0.1) is 15.6 Å². The highest BCUT2D eigenvalue weighted by Gasteiger charge is 2.34. The van der Waals surface area contributed by atoms with Gasteiger partial charge in [0.15, 0.2) is 0 Å². The molecule has 2 rings (SSSR count). The zero-order valence-corrected chi connectivity index (χ0v) is 15.5. The molecule has 13 nitrogen and oxygen atoms in total. The minimum atomic E-state index is -1.08. The predicted molar refractivity (Wildman–Crippen MR) is 98.3 cm³/mol. The number of hydrogen-bond acceptors (Lipinski definition) is 12. The summed E-state index contributed by atoms with van der Waals surface area (Å²) >= 11 is 0. The van der Waals surface area contributed by atoms with E-state index in [1.54, 1.807) is 6.92 Å². The second-order valence-electron chi connectivity index (χ2n) is 6.07. The molecule has 0 bridgehead atoms. The van der Waals surface area contributed by atoms with Crippen LogP contribution in [-0.4, -0.2) is 45.3 Å². The van der Waals surface area contributed by atoms with Gasteiger partial charge in [0.25, 0.3) is 0 Å².